The smallest absolute Gasteiger partial charge is 0.322 e. The van der Waals surface area contributed by atoms with Gasteiger partial charge in [0.1, 0.15) is 17.6 Å². The highest BCUT2D eigenvalue weighted by molar-refractivity contribution is 6.39. The molecule has 2 aromatic carbocycles. The van der Waals surface area contributed by atoms with E-state index in [9.17, 15) is 19.5 Å². The molecule has 2 amide bonds. The topological polar surface area (TPSA) is 137 Å². The minimum atomic E-state index is -1.23. The van der Waals surface area contributed by atoms with Gasteiger partial charge in [0, 0.05) is 7.85 Å². The van der Waals surface area contributed by atoms with Crippen molar-refractivity contribution in [2.75, 3.05) is 26.7 Å². The molecule has 2 rings (SSSR count). The van der Waals surface area contributed by atoms with Gasteiger partial charge in [0.05, 0.1) is 17.2 Å². The number of hydrogen-bond acceptors (Lipinski definition) is 6. The number of nitrogens with one attached hydrogen (secondary N) is 3. The molecule has 5 N–H and O–H groups in total. The number of carboxylic acids is 1. The maximum absolute atomic E-state index is 12.9. The fourth-order valence-electron chi connectivity index (χ4n) is 3.06. The molecule has 9 nitrogen and oxygen atoms in total. The molecule has 0 aliphatic rings. The number of benzene rings is 2. The van der Waals surface area contributed by atoms with Gasteiger partial charge in [-0.15, -0.1) is 12.4 Å². The van der Waals surface area contributed by atoms with Gasteiger partial charge in [0.25, 0.3) is 5.91 Å². The van der Waals surface area contributed by atoms with Crippen LogP contribution in [0.15, 0.2) is 36.4 Å². The van der Waals surface area contributed by atoms with Crippen LogP contribution in [0, 0.1) is 0 Å². The summed E-state index contributed by atoms with van der Waals surface area (Å²) in [6.45, 7) is 0.525. The second-order valence-corrected chi connectivity index (χ2v) is 8.17. The Morgan fingerprint density at radius 2 is 1.83 bits per heavy atom. The van der Waals surface area contributed by atoms with E-state index in [0.29, 0.717) is 6.61 Å². The number of phenolic OH excluding ortho intramolecular Hbond substituents is 1. The van der Waals surface area contributed by atoms with Crippen molar-refractivity contribution in [2.24, 2.45) is 0 Å². The maximum atomic E-state index is 12.9. The summed E-state index contributed by atoms with van der Waals surface area (Å²) in [6, 6.07) is 8.95. The first kappa shape index (κ1) is 30.3. The third kappa shape index (κ3) is 9.45. The summed E-state index contributed by atoms with van der Waals surface area (Å²) < 4.78 is 5.58. The van der Waals surface area contributed by atoms with Crippen LogP contribution in [0.5, 0.6) is 11.5 Å². The van der Waals surface area contributed by atoms with E-state index < -0.39 is 36.1 Å². The van der Waals surface area contributed by atoms with Crippen LogP contribution in [-0.2, 0) is 16.0 Å². The molecule has 12 heteroatoms. The second-order valence-electron chi connectivity index (χ2n) is 7.38. The number of aliphatic carboxylic acids is 1. The van der Waals surface area contributed by atoms with E-state index in [1.54, 1.807) is 30.3 Å². The molecular weight excluding hydrogens is 521 g/mol. The Morgan fingerprint density at radius 1 is 1.14 bits per heavy atom. The molecule has 0 unspecified atom stereocenters. The highest BCUT2D eigenvalue weighted by Crippen LogP contribution is 2.42. The number of carbonyl (C=O) groups is 3. The first-order valence-electron chi connectivity index (χ1n) is 10.6. The summed E-state index contributed by atoms with van der Waals surface area (Å²) in [4.78, 5) is 36.3. The minimum Gasteiger partial charge on any atom is -0.505 e. The number of unbranched alkanes of at least 4 members (excludes halogenated alkanes) is 1. The van der Waals surface area contributed by atoms with E-state index in [2.05, 4.69) is 16.0 Å². The molecule has 0 aliphatic carbocycles. The van der Waals surface area contributed by atoms with Crippen LogP contribution in [0.1, 0.15) is 30.2 Å². The lowest BCUT2D eigenvalue weighted by Gasteiger charge is -2.19. The molecule has 0 bridgehead atoms. The summed E-state index contributed by atoms with van der Waals surface area (Å²) in [7, 11) is 1.84. The van der Waals surface area contributed by atoms with E-state index in [-0.39, 0.29) is 41.6 Å². The summed E-state index contributed by atoms with van der Waals surface area (Å²) in [5.41, 5.74) is 0.488. The van der Waals surface area contributed by atoms with Gasteiger partial charge in [0.2, 0.25) is 5.91 Å². The van der Waals surface area contributed by atoms with Gasteiger partial charge < -0.3 is 30.9 Å². The third-order valence-corrected chi connectivity index (χ3v) is 5.41. The fourth-order valence-corrected chi connectivity index (χ4v) is 3.62. The normalized spacial score (nSPS) is 11.2. The van der Waals surface area contributed by atoms with Gasteiger partial charge >= 0.3 is 5.97 Å². The number of carbonyl (C=O) groups excluding carboxylic acids is 2. The first-order chi connectivity index (χ1) is 16.2. The Bertz CT molecular complexity index is 1010. The number of amides is 2. The summed E-state index contributed by atoms with van der Waals surface area (Å²) >= 11 is 12.5. The van der Waals surface area contributed by atoms with E-state index in [0.717, 1.165) is 24.9 Å². The Morgan fingerprint density at radius 3 is 2.46 bits per heavy atom. The lowest BCUT2D eigenvalue weighted by atomic mass is 10.0. The monoisotopic (exact) mass is 549 g/mol. The van der Waals surface area contributed by atoms with Crippen molar-refractivity contribution in [1.29, 1.82) is 0 Å². The number of hydrogen-bond donors (Lipinski definition) is 5. The van der Waals surface area contributed by atoms with Crippen molar-refractivity contribution in [1.82, 2.24) is 16.0 Å². The van der Waals surface area contributed by atoms with Crippen LogP contribution in [0.25, 0.3) is 0 Å². The van der Waals surface area contributed by atoms with Crippen molar-refractivity contribution in [3.8, 4) is 11.5 Å². The zero-order valence-electron chi connectivity index (χ0n) is 19.0. The van der Waals surface area contributed by atoms with Crippen molar-refractivity contribution in [3.05, 3.63) is 57.6 Å². The molecule has 0 aromatic heterocycles. The minimum absolute atomic E-state index is 0. The van der Waals surface area contributed by atoms with Crippen molar-refractivity contribution >= 4 is 53.4 Å². The molecule has 0 aliphatic heterocycles. The highest BCUT2D eigenvalue weighted by Gasteiger charge is 2.26. The quantitative estimate of drug-likeness (QED) is 0.241. The van der Waals surface area contributed by atoms with Crippen LogP contribution in [0.2, 0.25) is 10.0 Å². The molecule has 0 radical (unpaired) electrons. The summed E-state index contributed by atoms with van der Waals surface area (Å²) in [5, 5.41) is 26.9. The van der Waals surface area contributed by atoms with E-state index in [1.165, 1.54) is 6.07 Å². The third-order valence-electron chi connectivity index (χ3n) is 4.78. The van der Waals surface area contributed by atoms with Crippen molar-refractivity contribution in [3.63, 3.8) is 0 Å². The van der Waals surface area contributed by atoms with Gasteiger partial charge in [-0.3, -0.25) is 14.4 Å². The van der Waals surface area contributed by atoms with Crippen LogP contribution < -0.4 is 20.7 Å². The lowest BCUT2D eigenvalue weighted by Crippen LogP contribution is -2.49. The SMILES string of the molecule is CNCCCCOc1c(Cl)cc(C(=O)N[C@@H](Cc2ccccc2)C(=O)NCC(=O)O)c(O)c1Cl.Cl.[HH]. The molecule has 0 saturated heterocycles. The molecule has 0 heterocycles. The first-order valence-corrected chi connectivity index (χ1v) is 11.3. The molecule has 0 fully saturated rings. The Kier molecular flexibility index (Phi) is 13.3. The van der Waals surface area contributed by atoms with E-state index in [1.807, 2.05) is 7.05 Å². The number of phenols is 1. The Labute approximate surface area is 221 Å². The average Bonchev–Trinajstić information content (AvgIpc) is 2.81. The van der Waals surface area contributed by atoms with E-state index >= 15 is 0 Å². The summed E-state index contributed by atoms with van der Waals surface area (Å²) in [5.74, 6) is -3.22. The van der Waals surface area contributed by atoms with Crippen LogP contribution >= 0.6 is 35.6 Å². The molecular formula is C23H30Cl3N3O6. The van der Waals surface area contributed by atoms with Crippen LogP contribution in [0.4, 0.5) is 0 Å². The van der Waals surface area contributed by atoms with Crippen molar-refractivity contribution in [2.45, 2.75) is 25.3 Å². The fraction of sp³-hybridized carbons (Fsp3) is 0.348. The maximum Gasteiger partial charge on any atom is 0.322 e. The molecule has 35 heavy (non-hydrogen) atoms. The van der Waals surface area contributed by atoms with Gasteiger partial charge in [0.15, 0.2) is 11.5 Å². The second kappa shape index (κ2) is 15.3. The molecule has 2 aromatic rings. The predicted octanol–water partition coefficient (Wildman–Crippen LogP) is 3.29. The van der Waals surface area contributed by atoms with E-state index in [4.69, 9.17) is 33.0 Å². The number of rotatable bonds is 13. The number of aromatic hydroxyl groups is 1. The Balaban J connectivity index is 0.00000612. The summed E-state index contributed by atoms with van der Waals surface area (Å²) in [6.07, 6.45) is 1.68. The lowest BCUT2D eigenvalue weighted by molar-refractivity contribution is -0.138. The standard InChI is InChI=1S/C23H27Cl2N3O6.ClH.H2/c1-26-9-5-6-10-34-21-16(24)12-15(20(31)19(21)25)22(32)28-17(23(33)27-13-18(29)30)11-14-7-3-2-4-8-14;;/h2-4,7-8,12,17,26,31H,5-6,9-11,13H2,1H3,(H,27,33)(H,28,32)(H,29,30);2*1H/t17-;;/m0../s1. The van der Waals surface area contributed by atoms with Crippen molar-refractivity contribution < 1.29 is 30.8 Å². The highest BCUT2D eigenvalue weighted by atomic mass is 35.5. The molecule has 1 atom stereocenters. The van der Waals surface area contributed by atoms with Gasteiger partial charge in [-0.25, -0.2) is 0 Å². The zero-order valence-corrected chi connectivity index (χ0v) is 21.3. The average molecular weight is 551 g/mol. The van der Waals surface area contributed by atoms with Crippen LogP contribution in [-0.4, -0.2) is 60.8 Å². The molecule has 0 saturated carbocycles. The predicted molar refractivity (Wildman–Crippen MR) is 138 cm³/mol. The zero-order chi connectivity index (χ0) is 25.1. The van der Waals surface area contributed by atoms with Gasteiger partial charge in [-0.1, -0.05) is 53.5 Å². The Hall–Kier alpha value is -2.72. The molecule has 194 valence electrons. The largest absolute Gasteiger partial charge is 0.505 e. The number of carboxylic acid groups (broad SMARTS) is 1. The number of ether oxygens (including phenoxy) is 1. The van der Waals surface area contributed by atoms with Gasteiger partial charge in [-0.05, 0) is 38.1 Å². The number of halogens is 3. The van der Waals surface area contributed by atoms with Gasteiger partial charge in [-0.2, -0.15) is 0 Å². The molecule has 0 spiro atoms. The van der Waals surface area contributed by atoms with Crippen LogP contribution in [0.3, 0.4) is 0 Å².